The van der Waals surface area contributed by atoms with E-state index >= 15 is 0 Å². The lowest BCUT2D eigenvalue weighted by atomic mass is 10.1. The maximum absolute atomic E-state index is 12.2. The summed E-state index contributed by atoms with van der Waals surface area (Å²) in [7, 11) is 1.62. The molecule has 1 N–H and O–H groups in total. The summed E-state index contributed by atoms with van der Waals surface area (Å²) in [5, 5.41) is 3.70. The summed E-state index contributed by atoms with van der Waals surface area (Å²) in [6.45, 7) is 1.91. The van der Waals surface area contributed by atoms with Crippen molar-refractivity contribution in [3.05, 3.63) is 63.6 Å². The van der Waals surface area contributed by atoms with Crippen LogP contribution in [0.4, 0.5) is 0 Å². The molecule has 2 rings (SSSR count). The number of carbonyl (C=O) groups excluding carboxylic acids is 1. The van der Waals surface area contributed by atoms with Gasteiger partial charge in [0.1, 0.15) is 5.75 Å². The molecule has 0 bridgehead atoms. The molecule has 0 heterocycles. The second-order valence-electron chi connectivity index (χ2n) is 4.60. The largest absolute Gasteiger partial charge is 0.497 e. The van der Waals surface area contributed by atoms with Crippen LogP contribution in [0.5, 0.6) is 5.75 Å². The molecule has 2 aromatic carbocycles. The van der Waals surface area contributed by atoms with Crippen LogP contribution in [0.2, 0.25) is 10.0 Å². The van der Waals surface area contributed by atoms with Crippen LogP contribution in [0.1, 0.15) is 28.9 Å². The highest BCUT2D eigenvalue weighted by Crippen LogP contribution is 2.23. The Bertz CT molecular complexity index is 641. The molecule has 0 aliphatic rings. The second-order valence-corrected chi connectivity index (χ2v) is 5.41. The van der Waals surface area contributed by atoms with Gasteiger partial charge in [0.15, 0.2) is 0 Å². The molecule has 1 atom stereocenters. The van der Waals surface area contributed by atoms with Crippen LogP contribution in [0, 0.1) is 0 Å². The van der Waals surface area contributed by atoms with Crippen molar-refractivity contribution >= 4 is 29.1 Å². The number of amides is 1. The van der Waals surface area contributed by atoms with Crippen molar-refractivity contribution in [1.29, 1.82) is 0 Å². The predicted octanol–water partition coefficient (Wildman–Crippen LogP) is 4.49. The molecule has 2 aromatic rings. The molecule has 0 aliphatic carbocycles. The SMILES string of the molecule is COc1ccc(C(C)NC(=O)c2ccc(Cl)c(Cl)c2)cc1. The van der Waals surface area contributed by atoms with Gasteiger partial charge < -0.3 is 10.1 Å². The number of methoxy groups -OCH3 is 1. The van der Waals surface area contributed by atoms with Gasteiger partial charge in [0.05, 0.1) is 23.2 Å². The average Bonchev–Trinajstić information content (AvgIpc) is 2.50. The molecular weight excluding hydrogens is 309 g/mol. The van der Waals surface area contributed by atoms with Crippen LogP contribution in [0.3, 0.4) is 0 Å². The number of rotatable bonds is 4. The smallest absolute Gasteiger partial charge is 0.251 e. The van der Waals surface area contributed by atoms with Gasteiger partial charge >= 0.3 is 0 Å². The fraction of sp³-hybridized carbons (Fsp3) is 0.188. The highest BCUT2D eigenvalue weighted by molar-refractivity contribution is 6.42. The number of hydrogen-bond acceptors (Lipinski definition) is 2. The van der Waals surface area contributed by atoms with Crippen LogP contribution in [0.15, 0.2) is 42.5 Å². The third kappa shape index (κ3) is 3.90. The molecule has 21 heavy (non-hydrogen) atoms. The maximum Gasteiger partial charge on any atom is 0.251 e. The molecule has 0 saturated heterocycles. The first-order valence-electron chi connectivity index (χ1n) is 6.41. The Labute approximate surface area is 133 Å². The lowest BCUT2D eigenvalue weighted by Crippen LogP contribution is -2.26. The van der Waals surface area contributed by atoms with E-state index in [1.165, 1.54) is 0 Å². The van der Waals surface area contributed by atoms with Crippen molar-refractivity contribution in [1.82, 2.24) is 5.32 Å². The fourth-order valence-electron chi connectivity index (χ4n) is 1.89. The minimum Gasteiger partial charge on any atom is -0.497 e. The van der Waals surface area contributed by atoms with E-state index < -0.39 is 0 Å². The Morgan fingerprint density at radius 1 is 1.10 bits per heavy atom. The number of hydrogen-bond donors (Lipinski definition) is 1. The molecule has 0 aliphatic heterocycles. The molecule has 0 saturated carbocycles. The molecule has 0 spiro atoms. The van der Waals surface area contributed by atoms with Crippen LogP contribution in [-0.2, 0) is 0 Å². The van der Waals surface area contributed by atoms with E-state index in [2.05, 4.69) is 5.32 Å². The van der Waals surface area contributed by atoms with E-state index in [0.29, 0.717) is 15.6 Å². The Morgan fingerprint density at radius 2 is 1.76 bits per heavy atom. The van der Waals surface area contributed by atoms with Crippen molar-refractivity contribution in [3.8, 4) is 5.75 Å². The van der Waals surface area contributed by atoms with Gasteiger partial charge in [-0.05, 0) is 42.8 Å². The molecule has 0 aromatic heterocycles. The first-order chi connectivity index (χ1) is 10.0. The maximum atomic E-state index is 12.2. The summed E-state index contributed by atoms with van der Waals surface area (Å²) >= 11 is 11.8. The van der Waals surface area contributed by atoms with Crippen LogP contribution in [-0.4, -0.2) is 13.0 Å². The summed E-state index contributed by atoms with van der Waals surface area (Å²) < 4.78 is 5.11. The molecule has 1 amide bonds. The van der Waals surface area contributed by atoms with E-state index in [-0.39, 0.29) is 11.9 Å². The van der Waals surface area contributed by atoms with Gasteiger partial charge in [0, 0.05) is 5.56 Å². The topological polar surface area (TPSA) is 38.3 Å². The van der Waals surface area contributed by atoms with E-state index in [1.807, 2.05) is 31.2 Å². The van der Waals surface area contributed by atoms with Gasteiger partial charge in [-0.15, -0.1) is 0 Å². The van der Waals surface area contributed by atoms with E-state index in [4.69, 9.17) is 27.9 Å². The average molecular weight is 324 g/mol. The Kier molecular flexibility index (Phi) is 5.10. The van der Waals surface area contributed by atoms with Gasteiger partial charge in [0.2, 0.25) is 0 Å². The van der Waals surface area contributed by atoms with Crippen molar-refractivity contribution in [3.63, 3.8) is 0 Å². The fourth-order valence-corrected chi connectivity index (χ4v) is 2.19. The van der Waals surface area contributed by atoms with Gasteiger partial charge in [-0.3, -0.25) is 4.79 Å². The Balaban J connectivity index is 2.08. The minimum absolute atomic E-state index is 0.127. The minimum atomic E-state index is -0.197. The molecule has 5 heteroatoms. The summed E-state index contributed by atoms with van der Waals surface area (Å²) in [4.78, 5) is 12.2. The van der Waals surface area contributed by atoms with Gasteiger partial charge in [-0.2, -0.15) is 0 Å². The van der Waals surface area contributed by atoms with Gasteiger partial charge in [0.25, 0.3) is 5.91 Å². The van der Waals surface area contributed by atoms with Crippen molar-refractivity contribution in [2.75, 3.05) is 7.11 Å². The lowest BCUT2D eigenvalue weighted by Gasteiger charge is -2.15. The zero-order valence-corrected chi connectivity index (χ0v) is 13.2. The van der Waals surface area contributed by atoms with Crippen molar-refractivity contribution < 1.29 is 9.53 Å². The standard InChI is InChI=1S/C16H15Cl2NO2/c1-10(11-3-6-13(21-2)7-4-11)19-16(20)12-5-8-14(17)15(18)9-12/h3-10H,1-2H3,(H,19,20). The molecular formula is C16H15Cl2NO2. The third-order valence-electron chi connectivity index (χ3n) is 3.15. The number of carbonyl (C=O) groups is 1. The number of ether oxygens (including phenoxy) is 1. The summed E-state index contributed by atoms with van der Waals surface area (Å²) in [6.07, 6.45) is 0. The number of halogens is 2. The first kappa shape index (κ1) is 15.7. The molecule has 0 fully saturated rings. The summed E-state index contributed by atoms with van der Waals surface area (Å²) in [6, 6.07) is 12.2. The quantitative estimate of drug-likeness (QED) is 0.900. The zero-order chi connectivity index (χ0) is 15.4. The molecule has 0 radical (unpaired) electrons. The highest BCUT2D eigenvalue weighted by Gasteiger charge is 2.12. The third-order valence-corrected chi connectivity index (χ3v) is 3.88. The van der Waals surface area contributed by atoms with Gasteiger partial charge in [-0.25, -0.2) is 0 Å². The van der Waals surface area contributed by atoms with E-state index in [1.54, 1.807) is 25.3 Å². The van der Waals surface area contributed by atoms with Crippen LogP contribution < -0.4 is 10.1 Å². The van der Waals surface area contributed by atoms with Crippen LogP contribution in [0.25, 0.3) is 0 Å². The number of benzene rings is 2. The first-order valence-corrected chi connectivity index (χ1v) is 7.16. The second kappa shape index (κ2) is 6.83. The summed E-state index contributed by atoms with van der Waals surface area (Å²) in [5.74, 6) is 0.582. The zero-order valence-electron chi connectivity index (χ0n) is 11.7. The lowest BCUT2D eigenvalue weighted by molar-refractivity contribution is 0.0940. The Hall–Kier alpha value is -1.71. The molecule has 3 nitrogen and oxygen atoms in total. The summed E-state index contributed by atoms with van der Waals surface area (Å²) in [5.41, 5.74) is 1.47. The number of nitrogens with one attached hydrogen (secondary N) is 1. The Morgan fingerprint density at radius 3 is 2.33 bits per heavy atom. The van der Waals surface area contributed by atoms with Crippen LogP contribution >= 0.6 is 23.2 Å². The normalized spacial score (nSPS) is 11.8. The van der Waals surface area contributed by atoms with E-state index in [0.717, 1.165) is 11.3 Å². The molecule has 110 valence electrons. The van der Waals surface area contributed by atoms with E-state index in [9.17, 15) is 4.79 Å². The van der Waals surface area contributed by atoms with Crippen molar-refractivity contribution in [2.45, 2.75) is 13.0 Å². The molecule has 1 unspecified atom stereocenters. The highest BCUT2D eigenvalue weighted by atomic mass is 35.5. The predicted molar refractivity (Wildman–Crippen MR) is 85.3 cm³/mol. The van der Waals surface area contributed by atoms with Crippen molar-refractivity contribution in [2.24, 2.45) is 0 Å². The van der Waals surface area contributed by atoms with Gasteiger partial charge in [-0.1, -0.05) is 35.3 Å². The monoisotopic (exact) mass is 323 g/mol.